The average Bonchev–Trinajstić information content (AvgIpc) is 2.58. The molecule has 8 heteroatoms. The fourth-order valence-corrected chi connectivity index (χ4v) is 3.85. The summed E-state index contributed by atoms with van der Waals surface area (Å²) >= 11 is 0. The Labute approximate surface area is 152 Å². The highest BCUT2D eigenvalue weighted by atomic mass is 32.2. The molecule has 0 aliphatic carbocycles. The number of aryl methyl sites for hydroxylation is 1. The van der Waals surface area contributed by atoms with E-state index in [9.17, 15) is 17.6 Å². The maximum atomic E-state index is 13.4. The first-order valence-electron chi connectivity index (χ1n) is 8.54. The van der Waals surface area contributed by atoms with E-state index < -0.39 is 10.0 Å². The third-order valence-electron chi connectivity index (χ3n) is 4.64. The summed E-state index contributed by atoms with van der Waals surface area (Å²) in [5.41, 5.74) is 1.58. The molecule has 1 N–H and O–H groups in total. The molecule has 1 fully saturated rings. The van der Waals surface area contributed by atoms with Crippen molar-refractivity contribution in [1.29, 1.82) is 0 Å². The van der Waals surface area contributed by atoms with E-state index in [1.54, 1.807) is 24.0 Å². The van der Waals surface area contributed by atoms with Crippen LogP contribution < -0.4 is 4.72 Å². The average molecular weight is 379 g/mol. The van der Waals surface area contributed by atoms with Crippen molar-refractivity contribution in [3.8, 4) is 0 Å². The molecule has 1 saturated heterocycles. The predicted molar refractivity (Wildman–Crippen MR) is 97.9 cm³/mol. The molecule has 1 aliphatic rings. The maximum Gasteiger partial charge on any atom is 0.255 e. The zero-order chi connectivity index (χ0) is 18.9. The summed E-state index contributed by atoms with van der Waals surface area (Å²) in [6.45, 7) is 3.21. The van der Waals surface area contributed by atoms with Gasteiger partial charge in [-0.15, -0.1) is 0 Å². The first-order chi connectivity index (χ1) is 12.2. The van der Waals surface area contributed by atoms with Crippen molar-refractivity contribution in [3.63, 3.8) is 0 Å². The molecule has 1 aromatic heterocycles. The molecule has 6 nitrogen and oxygen atoms in total. The Bertz CT molecular complexity index is 946. The van der Waals surface area contributed by atoms with Crippen LogP contribution in [0.25, 0.3) is 10.9 Å². The van der Waals surface area contributed by atoms with Crippen LogP contribution in [0.4, 0.5) is 4.39 Å². The predicted octanol–water partition coefficient (Wildman–Crippen LogP) is 2.08. The second-order valence-corrected chi connectivity index (χ2v) is 8.67. The second kappa shape index (κ2) is 7.28. The van der Waals surface area contributed by atoms with Crippen LogP contribution in [0.1, 0.15) is 28.9 Å². The van der Waals surface area contributed by atoms with Gasteiger partial charge >= 0.3 is 0 Å². The van der Waals surface area contributed by atoms with Crippen molar-refractivity contribution in [2.75, 3.05) is 25.9 Å². The van der Waals surface area contributed by atoms with E-state index in [2.05, 4.69) is 9.71 Å². The Morgan fingerprint density at radius 2 is 2.15 bits per heavy atom. The summed E-state index contributed by atoms with van der Waals surface area (Å²) in [6.07, 6.45) is 2.83. The lowest BCUT2D eigenvalue weighted by Gasteiger charge is -2.33. The number of nitrogens with zero attached hydrogens (tertiary/aromatic N) is 2. The summed E-state index contributed by atoms with van der Waals surface area (Å²) in [4.78, 5) is 19.1. The van der Waals surface area contributed by atoms with Gasteiger partial charge in [0.05, 0.1) is 23.0 Å². The molecule has 140 valence electrons. The Hall–Kier alpha value is -2.06. The summed E-state index contributed by atoms with van der Waals surface area (Å²) < 4.78 is 38.4. The van der Waals surface area contributed by atoms with Crippen LogP contribution in [0.15, 0.2) is 24.3 Å². The lowest BCUT2D eigenvalue weighted by Crippen LogP contribution is -2.43. The highest BCUT2D eigenvalue weighted by molar-refractivity contribution is 7.88. The van der Waals surface area contributed by atoms with Gasteiger partial charge < -0.3 is 4.90 Å². The normalized spacial score (nSPS) is 18.3. The first-order valence-corrected chi connectivity index (χ1v) is 10.4. The molecule has 1 unspecified atom stereocenters. The van der Waals surface area contributed by atoms with Gasteiger partial charge in [0.2, 0.25) is 10.0 Å². The molecule has 2 aromatic rings. The zero-order valence-electron chi connectivity index (χ0n) is 14.8. The molecular weight excluding hydrogens is 357 g/mol. The SMILES string of the molecule is Cc1nc2cc(F)ccc2cc1C(=O)N1CCCC(CNS(C)(=O)=O)C1. The van der Waals surface area contributed by atoms with Gasteiger partial charge in [0.1, 0.15) is 5.82 Å². The number of halogens is 1. The fraction of sp³-hybridized carbons (Fsp3) is 0.444. The van der Waals surface area contributed by atoms with Crippen molar-refractivity contribution < 1.29 is 17.6 Å². The van der Waals surface area contributed by atoms with Gasteiger partial charge in [0.25, 0.3) is 5.91 Å². The Morgan fingerprint density at radius 3 is 2.88 bits per heavy atom. The van der Waals surface area contributed by atoms with Gasteiger partial charge in [0, 0.05) is 31.1 Å². The number of pyridine rings is 1. The molecule has 1 atom stereocenters. The molecule has 3 rings (SSSR count). The molecule has 0 saturated carbocycles. The first kappa shape index (κ1) is 18.7. The number of hydrogen-bond donors (Lipinski definition) is 1. The van der Waals surface area contributed by atoms with Crippen LogP contribution in [0.3, 0.4) is 0 Å². The van der Waals surface area contributed by atoms with E-state index in [4.69, 9.17) is 0 Å². The van der Waals surface area contributed by atoms with Crippen LogP contribution in [-0.4, -0.2) is 50.1 Å². The number of carbonyl (C=O) groups is 1. The molecular formula is C18H22FN3O3S. The van der Waals surface area contributed by atoms with E-state index in [1.807, 2.05) is 0 Å². The largest absolute Gasteiger partial charge is 0.338 e. The van der Waals surface area contributed by atoms with Gasteiger partial charge in [-0.2, -0.15) is 0 Å². The number of piperidine rings is 1. The number of amides is 1. The standard InChI is InChI=1S/C18H22FN3O3S/c1-12-16(8-14-5-6-15(19)9-17(14)21-12)18(23)22-7-3-4-13(11-22)10-20-26(2,24)25/h5-6,8-9,13,20H,3-4,7,10-11H2,1-2H3. The Morgan fingerprint density at radius 1 is 1.38 bits per heavy atom. The van der Waals surface area contributed by atoms with Crippen molar-refractivity contribution in [1.82, 2.24) is 14.6 Å². The quantitative estimate of drug-likeness (QED) is 0.882. The Kier molecular flexibility index (Phi) is 5.24. The third-order valence-corrected chi connectivity index (χ3v) is 5.33. The third kappa shape index (κ3) is 4.37. The summed E-state index contributed by atoms with van der Waals surface area (Å²) in [6, 6.07) is 6.06. The summed E-state index contributed by atoms with van der Waals surface area (Å²) in [7, 11) is -3.24. The van der Waals surface area contributed by atoms with E-state index >= 15 is 0 Å². The van der Waals surface area contributed by atoms with Crippen LogP contribution in [0.5, 0.6) is 0 Å². The van der Waals surface area contributed by atoms with Crippen LogP contribution in [-0.2, 0) is 10.0 Å². The molecule has 2 heterocycles. The van der Waals surface area contributed by atoms with Gasteiger partial charge in [0.15, 0.2) is 0 Å². The maximum absolute atomic E-state index is 13.4. The summed E-state index contributed by atoms with van der Waals surface area (Å²) in [5.74, 6) is -0.392. The van der Waals surface area contributed by atoms with E-state index in [-0.39, 0.29) is 17.6 Å². The van der Waals surface area contributed by atoms with Gasteiger partial charge in [-0.25, -0.2) is 17.5 Å². The molecule has 26 heavy (non-hydrogen) atoms. The highest BCUT2D eigenvalue weighted by Crippen LogP contribution is 2.22. The van der Waals surface area contributed by atoms with Crippen molar-refractivity contribution in [3.05, 3.63) is 41.3 Å². The number of likely N-dealkylation sites (tertiary alicyclic amines) is 1. The Balaban J connectivity index is 1.79. The monoisotopic (exact) mass is 379 g/mol. The van der Waals surface area contributed by atoms with Gasteiger partial charge in [-0.05, 0) is 43.9 Å². The van der Waals surface area contributed by atoms with Crippen LogP contribution in [0.2, 0.25) is 0 Å². The molecule has 1 aliphatic heterocycles. The van der Waals surface area contributed by atoms with E-state index in [1.165, 1.54) is 12.1 Å². The van der Waals surface area contributed by atoms with Crippen LogP contribution in [0, 0.1) is 18.7 Å². The second-order valence-electron chi connectivity index (χ2n) is 6.84. The minimum Gasteiger partial charge on any atom is -0.338 e. The number of benzene rings is 1. The number of rotatable bonds is 4. The van der Waals surface area contributed by atoms with Crippen molar-refractivity contribution >= 4 is 26.8 Å². The van der Waals surface area contributed by atoms with Crippen molar-refractivity contribution in [2.24, 2.45) is 5.92 Å². The lowest BCUT2D eigenvalue weighted by atomic mass is 9.97. The van der Waals surface area contributed by atoms with Crippen LogP contribution >= 0.6 is 0 Å². The number of sulfonamides is 1. The lowest BCUT2D eigenvalue weighted by molar-refractivity contribution is 0.0675. The van der Waals surface area contributed by atoms with Gasteiger partial charge in [-0.1, -0.05) is 0 Å². The van der Waals surface area contributed by atoms with Crippen molar-refractivity contribution in [2.45, 2.75) is 19.8 Å². The number of aromatic nitrogens is 1. The van der Waals surface area contributed by atoms with E-state index in [0.29, 0.717) is 41.8 Å². The zero-order valence-corrected chi connectivity index (χ0v) is 15.6. The highest BCUT2D eigenvalue weighted by Gasteiger charge is 2.26. The smallest absolute Gasteiger partial charge is 0.255 e. The minimum atomic E-state index is -3.24. The fourth-order valence-electron chi connectivity index (χ4n) is 3.31. The number of fused-ring (bicyclic) bond motifs is 1. The molecule has 0 bridgehead atoms. The number of nitrogens with one attached hydrogen (secondary N) is 1. The topological polar surface area (TPSA) is 79.4 Å². The molecule has 1 aromatic carbocycles. The molecule has 0 radical (unpaired) electrons. The van der Waals surface area contributed by atoms with E-state index in [0.717, 1.165) is 19.1 Å². The van der Waals surface area contributed by atoms with Gasteiger partial charge in [-0.3, -0.25) is 9.78 Å². The summed E-state index contributed by atoms with van der Waals surface area (Å²) in [5, 5.41) is 0.715. The number of hydrogen-bond acceptors (Lipinski definition) is 4. The molecule has 0 spiro atoms. The minimum absolute atomic E-state index is 0.0882. The number of carbonyl (C=O) groups excluding carboxylic acids is 1. The molecule has 1 amide bonds.